The lowest BCUT2D eigenvalue weighted by Gasteiger charge is -2.19. The lowest BCUT2D eigenvalue weighted by atomic mass is 10.3. The predicted octanol–water partition coefficient (Wildman–Crippen LogP) is 5.51. The zero-order chi connectivity index (χ0) is 17.7. The van der Waals surface area contributed by atoms with Crippen molar-refractivity contribution in [1.29, 1.82) is 0 Å². The minimum atomic E-state index is -0.0296. The molecule has 0 N–H and O–H groups in total. The van der Waals surface area contributed by atoms with E-state index >= 15 is 0 Å². The molecule has 0 spiro atoms. The maximum Gasteiger partial charge on any atom is 0.328 e. The van der Waals surface area contributed by atoms with Crippen LogP contribution < -0.4 is 0 Å². The third-order valence-electron chi connectivity index (χ3n) is 2.70. The largest absolute Gasteiger partial charge is 0.328 e. The fraction of sp³-hybridized carbons (Fsp3) is 0.421. The molecule has 2 amide bonds. The van der Waals surface area contributed by atoms with Crippen LogP contribution in [-0.2, 0) is 0 Å². The molecule has 22 heavy (non-hydrogen) atoms. The molecule has 0 saturated carbocycles. The van der Waals surface area contributed by atoms with Crippen LogP contribution in [0, 0.1) is 0 Å². The third kappa shape index (κ3) is 6.61. The summed E-state index contributed by atoms with van der Waals surface area (Å²) in [5.41, 5.74) is 2.63. The Morgan fingerprint density at radius 2 is 1.55 bits per heavy atom. The number of amides is 2. The molecular weight excluding hydrogens is 272 g/mol. The first-order valence-electron chi connectivity index (χ1n) is 7.89. The second-order valence-corrected chi connectivity index (χ2v) is 4.25. The van der Waals surface area contributed by atoms with Crippen molar-refractivity contribution < 1.29 is 4.79 Å². The number of carbonyl (C=O) groups excluding carboxylic acids is 1. The van der Waals surface area contributed by atoms with E-state index in [-0.39, 0.29) is 6.03 Å². The summed E-state index contributed by atoms with van der Waals surface area (Å²) in [4.78, 5) is 15.7. The molecule has 0 aromatic carbocycles. The van der Waals surface area contributed by atoms with Gasteiger partial charge in [0.05, 0.1) is 0 Å². The highest BCUT2D eigenvalue weighted by atomic mass is 16.2. The van der Waals surface area contributed by atoms with Crippen molar-refractivity contribution in [3.63, 3.8) is 0 Å². The first kappa shape index (κ1) is 22.3. The van der Waals surface area contributed by atoms with Gasteiger partial charge in [0.25, 0.3) is 0 Å². The van der Waals surface area contributed by atoms with Gasteiger partial charge in [0.1, 0.15) is 0 Å². The van der Waals surface area contributed by atoms with E-state index in [1.165, 1.54) is 0 Å². The van der Waals surface area contributed by atoms with E-state index in [2.05, 4.69) is 19.7 Å². The lowest BCUT2D eigenvalue weighted by molar-refractivity contribution is 0.209. The topological polar surface area (TPSA) is 23.6 Å². The first-order valence-corrected chi connectivity index (χ1v) is 7.89. The summed E-state index contributed by atoms with van der Waals surface area (Å²) in [5.74, 6) is 0. The smallest absolute Gasteiger partial charge is 0.296 e. The Kier molecular flexibility index (Phi) is 12.8. The number of hydrogen-bond acceptors (Lipinski definition) is 1. The molecule has 124 valence electrons. The van der Waals surface area contributed by atoms with E-state index in [0.717, 1.165) is 17.0 Å². The second kappa shape index (κ2) is 12.7. The highest BCUT2D eigenvalue weighted by molar-refractivity contribution is 5.81. The maximum atomic E-state index is 12.3. The number of hydrogen-bond donors (Lipinski definition) is 0. The van der Waals surface area contributed by atoms with E-state index in [4.69, 9.17) is 0 Å². The van der Waals surface area contributed by atoms with Crippen LogP contribution >= 0.6 is 0 Å². The Morgan fingerprint density at radius 3 is 1.95 bits per heavy atom. The minimum absolute atomic E-state index is 0.0296. The Bertz CT molecular complexity index is 444. The summed E-state index contributed by atoms with van der Waals surface area (Å²) < 4.78 is 0. The van der Waals surface area contributed by atoms with Gasteiger partial charge < -0.3 is 0 Å². The van der Waals surface area contributed by atoms with Gasteiger partial charge in [-0.1, -0.05) is 59.1 Å². The van der Waals surface area contributed by atoms with Gasteiger partial charge in [0.2, 0.25) is 0 Å². The van der Waals surface area contributed by atoms with Gasteiger partial charge >= 0.3 is 6.03 Å². The molecule has 0 radical (unpaired) electrons. The zero-order valence-electron chi connectivity index (χ0n) is 15.1. The lowest BCUT2D eigenvalue weighted by Crippen LogP contribution is -2.29. The van der Waals surface area contributed by atoms with E-state index < -0.39 is 0 Å². The zero-order valence-corrected chi connectivity index (χ0v) is 15.1. The molecule has 3 nitrogen and oxygen atoms in total. The summed E-state index contributed by atoms with van der Waals surface area (Å²) in [6.07, 6.45) is 7.02. The standard InChI is InChI=1S/C15H20N2O.2C2H6/c1-6-8-14(7-2)17-10-9-16(15(17)18)13(5)11-12(3)4;2*1-2/h6-8,11H,1-3,9-10H2,4-5H3;2*1-2H3/b13-11+,14-8+;;. The average Bonchev–Trinajstić information content (AvgIpc) is 2.90. The van der Waals surface area contributed by atoms with Gasteiger partial charge in [-0.05, 0) is 32.1 Å². The SMILES string of the molecule is C=C/C=C(\C=C)N1CCN(/C(C)=C/C(=C)C)C1=O.CC.CC. The number of carbonyl (C=O) groups is 1. The van der Waals surface area contributed by atoms with Crippen LogP contribution in [0.4, 0.5) is 4.79 Å². The Balaban J connectivity index is 0. The van der Waals surface area contributed by atoms with Crippen molar-refractivity contribution in [2.75, 3.05) is 13.1 Å². The Labute approximate surface area is 137 Å². The number of urea groups is 1. The van der Waals surface area contributed by atoms with Crippen LogP contribution in [0.5, 0.6) is 0 Å². The highest BCUT2D eigenvalue weighted by Crippen LogP contribution is 2.20. The van der Waals surface area contributed by atoms with Crippen molar-refractivity contribution in [3.05, 3.63) is 61.0 Å². The van der Waals surface area contributed by atoms with Crippen LogP contribution in [-0.4, -0.2) is 28.9 Å². The van der Waals surface area contributed by atoms with Gasteiger partial charge in [0.15, 0.2) is 0 Å². The van der Waals surface area contributed by atoms with Gasteiger partial charge in [0, 0.05) is 24.5 Å². The second-order valence-electron chi connectivity index (χ2n) is 4.25. The molecule has 0 atom stereocenters. The molecule has 1 rings (SSSR count). The van der Waals surface area contributed by atoms with Crippen molar-refractivity contribution in [2.45, 2.75) is 41.5 Å². The molecule has 1 heterocycles. The normalized spacial score (nSPS) is 14.5. The van der Waals surface area contributed by atoms with Crippen molar-refractivity contribution in [2.24, 2.45) is 0 Å². The van der Waals surface area contributed by atoms with Crippen molar-refractivity contribution in [3.8, 4) is 0 Å². The van der Waals surface area contributed by atoms with Crippen molar-refractivity contribution >= 4 is 6.03 Å². The maximum absolute atomic E-state index is 12.3. The molecule has 0 aromatic rings. The number of rotatable bonds is 5. The van der Waals surface area contributed by atoms with E-state index in [0.29, 0.717) is 13.1 Å². The number of nitrogens with zero attached hydrogens (tertiary/aromatic N) is 2. The van der Waals surface area contributed by atoms with Gasteiger partial charge in [-0.25, -0.2) is 4.79 Å². The summed E-state index contributed by atoms with van der Waals surface area (Å²) >= 11 is 0. The molecular formula is C19H32N2O. The van der Waals surface area contributed by atoms with Crippen LogP contribution in [0.15, 0.2) is 61.0 Å². The van der Waals surface area contributed by atoms with Gasteiger partial charge in [-0.2, -0.15) is 0 Å². The Hall–Kier alpha value is -2.03. The molecule has 1 fully saturated rings. The van der Waals surface area contributed by atoms with Gasteiger partial charge in [-0.3, -0.25) is 9.80 Å². The van der Waals surface area contributed by atoms with E-state index in [9.17, 15) is 4.79 Å². The quantitative estimate of drug-likeness (QED) is 0.614. The number of allylic oxidation sites excluding steroid dienone is 6. The summed E-state index contributed by atoms with van der Waals surface area (Å²) in [7, 11) is 0. The molecule has 0 unspecified atom stereocenters. The molecule has 1 saturated heterocycles. The summed E-state index contributed by atoms with van der Waals surface area (Å²) in [5, 5.41) is 0. The molecule has 1 aliphatic rings. The monoisotopic (exact) mass is 304 g/mol. The summed E-state index contributed by atoms with van der Waals surface area (Å²) in [6, 6.07) is -0.0296. The fourth-order valence-corrected chi connectivity index (χ4v) is 1.93. The molecule has 0 bridgehead atoms. The first-order chi connectivity index (χ1) is 10.5. The molecule has 0 aliphatic carbocycles. The fourth-order valence-electron chi connectivity index (χ4n) is 1.93. The molecule has 1 aliphatic heterocycles. The predicted molar refractivity (Wildman–Crippen MR) is 98.6 cm³/mol. The minimum Gasteiger partial charge on any atom is -0.296 e. The molecule has 3 heteroatoms. The van der Waals surface area contributed by atoms with E-state index in [1.54, 1.807) is 28.0 Å². The summed E-state index contributed by atoms with van der Waals surface area (Å²) in [6.45, 7) is 24.3. The third-order valence-corrected chi connectivity index (χ3v) is 2.70. The molecule has 0 aromatic heterocycles. The van der Waals surface area contributed by atoms with Gasteiger partial charge in [-0.15, -0.1) is 0 Å². The van der Waals surface area contributed by atoms with Crippen LogP contribution in [0.1, 0.15) is 41.5 Å². The average molecular weight is 304 g/mol. The Morgan fingerprint density at radius 1 is 1.05 bits per heavy atom. The van der Waals surface area contributed by atoms with Crippen LogP contribution in [0.25, 0.3) is 0 Å². The van der Waals surface area contributed by atoms with Crippen LogP contribution in [0.3, 0.4) is 0 Å². The van der Waals surface area contributed by atoms with Crippen molar-refractivity contribution in [1.82, 2.24) is 9.80 Å². The van der Waals surface area contributed by atoms with E-state index in [1.807, 2.05) is 47.6 Å². The van der Waals surface area contributed by atoms with Crippen LogP contribution in [0.2, 0.25) is 0 Å². The highest BCUT2D eigenvalue weighted by Gasteiger charge is 2.30.